The molecular formula is C17H24N2. The fraction of sp³-hybridized carbons (Fsp3) is 0.529. The van der Waals surface area contributed by atoms with Gasteiger partial charge in [-0.2, -0.15) is 0 Å². The molecule has 1 saturated carbocycles. The van der Waals surface area contributed by atoms with E-state index >= 15 is 0 Å². The van der Waals surface area contributed by atoms with Gasteiger partial charge in [-0.3, -0.25) is 0 Å². The van der Waals surface area contributed by atoms with E-state index in [2.05, 4.69) is 41.5 Å². The lowest BCUT2D eigenvalue weighted by molar-refractivity contribution is 0.254. The van der Waals surface area contributed by atoms with Gasteiger partial charge in [0.15, 0.2) is 0 Å². The lowest BCUT2D eigenvalue weighted by Crippen LogP contribution is -2.37. The molecule has 2 nitrogen and oxygen atoms in total. The van der Waals surface area contributed by atoms with Crippen LogP contribution < -0.4 is 5.32 Å². The molecule has 1 aromatic carbocycles. The Balaban J connectivity index is 1.64. The zero-order chi connectivity index (χ0) is 13.1. The summed E-state index contributed by atoms with van der Waals surface area (Å²) in [4.78, 5) is 3.29. The molecule has 0 radical (unpaired) electrons. The van der Waals surface area contributed by atoms with Crippen molar-refractivity contribution >= 4 is 10.9 Å². The summed E-state index contributed by atoms with van der Waals surface area (Å²) in [5.74, 6) is 0.878. The predicted molar refractivity (Wildman–Crippen MR) is 81.2 cm³/mol. The Kier molecular flexibility index (Phi) is 3.88. The first-order chi connectivity index (χ1) is 9.36. The van der Waals surface area contributed by atoms with Crippen LogP contribution in [0.3, 0.4) is 0 Å². The summed E-state index contributed by atoms with van der Waals surface area (Å²) >= 11 is 0. The molecule has 1 aromatic heterocycles. The molecule has 2 aromatic rings. The minimum atomic E-state index is 0.720. The maximum Gasteiger partial charge on any atom is 0.0457 e. The van der Waals surface area contributed by atoms with Gasteiger partial charge < -0.3 is 10.3 Å². The van der Waals surface area contributed by atoms with Gasteiger partial charge in [0.05, 0.1) is 0 Å². The molecule has 2 atom stereocenters. The van der Waals surface area contributed by atoms with E-state index in [-0.39, 0.29) is 0 Å². The maximum atomic E-state index is 3.78. The van der Waals surface area contributed by atoms with E-state index in [1.165, 1.54) is 48.6 Å². The highest BCUT2D eigenvalue weighted by atomic mass is 14.9. The molecule has 1 fully saturated rings. The Hall–Kier alpha value is -1.28. The molecule has 0 bridgehead atoms. The van der Waals surface area contributed by atoms with Gasteiger partial charge in [-0.05, 0) is 41.8 Å². The Bertz CT molecular complexity index is 529. The van der Waals surface area contributed by atoms with Crippen molar-refractivity contribution in [2.75, 3.05) is 0 Å². The third kappa shape index (κ3) is 2.84. The van der Waals surface area contributed by atoms with E-state index in [0.717, 1.165) is 18.5 Å². The molecular weight excluding hydrogens is 232 g/mol. The number of aromatic nitrogens is 1. The molecule has 2 N–H and O–H groups in total. The molecule has 0 aliphatic heterocycles. The van der Waals surface area contributed by atoms with Crippen LogP contribution in [0.5, 0.6) is 0 Å². The minimum absolute atomic E-state index is 0.720. The quantitative estimate of drug-likeness (QED) is 0.842. The van der Waals surface area contributed by atoms with Crippen molar-refractivity contribution in [3.05, 3.63) is 36.0 Å². The van der Waals surface area contributed by atoms with Gasteiger partial charge in [0.2, 0.25) is 0 Å². The van der Waals surface area contributed by atoms with E-state index in [9.17, 15) is 0 Å². The number of nitrogens with one attached hydrogen (secondary N) is 2. The summed E-state index contributed by atoms with van der Waals surface area (Å²) in [7, 11) is 0. The average Bonchev–Trinajstić information content (AvgIpc) is 2.93. The topological polar surface area (TPSA) is 27.8 Å². The molecule has 1 aliphatic rings. The van der Waals surface area contributed by atoms with Crippen molar-refractivity contribution in [3.8, 4) is 0 Å². The van der Waals surface area contributed by atoms with E-state index in [1.807, 2.05) is 6.20 Å². The van der Waals surface area contributed by atoms with Crippen molar-refractivity contribution in [2.24, 2.45) is 5.92 Å². The van der Waals surface area contributed by atoms with Crippen LogP contribution in [0, 0.1) is 5.92 Å². The van der Waals surface area contributed by atoms with Crippen molar-refractivity contribution in [1.82, 2.24) is 10.3 Å². The van der Waals surface area contributed by atoms with Crippen molar-refractivity contribution < 1.29 is 0 Å². The summed E-state index contributed by atoms with van der Waals surface area (Å²) < 4.78 is 0. The van der Waals surface area contributed by atoms with Gasteiger partial charge in [-0.15, -0.1) is 0 Å². The summed E-state index contributed by atoms with van der Waals surface area (Å²) in [6, 6.07) is 9.57. The van der Waals surface area contributed by atoms with Gasteiger partial charge in [0, 0.05) is 24.3 Å². The van der Waals surface area contributed by atoms with Gasteiger partial charge in [-0.25, -0.2) is 0 Å². The molecule has 2 heteroatoms. The Morgan fingerprint density at radius 3 is 3.00 bits per heavy atom. The zero-order valence-corrected chi connectivity index (χ0v) is 11.8. The monoisotopic (exact) mass is 256 g/mol. The third-order valence-corrected chi connectivity index (χ3v) is 4.62. The summed E-state index contributed by atoms with van der Waals surface area (Å²) in [6.07, 6.45) is 8.89. The smallest absolute Gasteiger partial charge is 0.0457 e. The Labute approximate surface area is 115 Å². The van der Waals surface area contributed by atoms with Crippen LogP contribution in [-0.2, 0) is 6.54 Å². The number of hydrogen-bond donors (Lipinski definition) is 2. The van der Waals surface area contributed by atoms with Gasteiger partial charge >= 0.3 is 0 Å². The largest absolute Gasteiger partial charge is 0.361 e. The number of aromatic amines is 1. The lowest BCUT2D eigenvalue weighted by Gasteiger charge is -2.31. The molecule has 1 heterocycles. The van der Waals surface area contributed by atoms with E-state index < -0.39 is 0 Å². The number of benzene rings is 1. The van der Waals surface area contributed by atoms with Gasteiger partial charge in [0.1, 0.15) is 0 Å². The second-order valence-corrected chi connectivity index (χ2v) is 5.84. The summed E-state index contributed by atoms with van der Waals surface area (Å²) in [6.45, 7) is 3.33. The normalized spacial score (nSPS) is 23.8. The second-order valence-electron chi connectivity index (χ2n) is 5.84. The molecule has 0 amide bonds. The maximum absolute atomic E-state index is 3.78. The van der Waals surface area contributed by atoms with E-state index in [0.29, 0.717) is 0 Å². The fourth-order valence-corrected chi connectivity index (χ4v) is 3.42. The van der Waals surface area contributed by atoms with Crippen LogP contribution in [0.2, 0.25) is 0 Å². The standard InChI is InChI=1S/C17H24N2/c1-2-14-5-3-4-6-16(14)19-12-13-7-8-15-9-10-18-17(15)11-13/h7-11,14,16,18-19H,2-6,12H2,1H3. The molecule has 19 heavy (non-hydrogen) atoms. The first kappa shape index (κ1) is 12.7. The molecule has 102 valence electrons. The van der Waals surface area contributed by atoms with Crippen molar-refractivity contribution in [3.63, 3.8) is 0 Å². The number of H-pyrrole nitrogens is 1. The first-order valence-corrected chi connectivity index (χ1v) is 7.66. The first-order valence-electron chi connectivity index (χ1n) is 7.66. The Morgan fingerprint density at radius 1 is 1.21 bits per heavy atom. The number of hydrogen-bond acceptors (Lipinski definition) is 1. The van der Waals surface area contributed by atoms with Crippen LogP contribution in [0.15, 0.2) is 30.5 Å². The summed E-state index contributed by atoms with van der Waals surface area (Å²) in [5, 5.41) is 5.08. The number of fused-ring (bicyclic) bond motifs is 1. The highest BCUT2D eigenvalue weighted by Crippen LogP contribution is 2.27. The zero-order valence-electron chi connectivity index (χ0n) is 11.8. The third-order valence-electron chi connectivity index (χ3n) is 4.62. The highest BCUT2D eigenvalue weighted by Gasteiger charge is 2.22. The van der Waals surface area contributed by atoms with Crippen LogP contribution in [0.1, 0.15) is 44.6 Å². The highest BCUT2D eigenvalue weighted by molar-refractivity contribution is 5.79. The van der Waals surface area contributed by atoms with Crippen molar-refractivity contribution in [2.45, 2.75) is 51.6 Å². The van der Waals surface area contributed by atoms with E-state index in [1.54, 1.807) is 0 Å². The lowest BCUT2D eigenvalue weighted by atomic mass is 9.83. The van der Waals surface area contributed by atoms with Crippen LogP contribution in [0.25, 0.3) is 10.9 Å². The molecule has 3 rings (SSSR count). The van der Waals surface area contributed by atoms with Gasteiger partial charge in [-0.1, -0.05) is 38.3 Å². The van der Waals surface area contributed by atoms with Gasteiger partial charge in [0.25, 0.3) is 0 Å². The van der Waals surface area contributed by atoms with Crippen LogP contribution in [-0.4, -0.2) is 11.0 Å². The second kappa shape index (κ2) is 5.79. The minimum Gasteiger partial charge on any atom is -0.361 e. The fourth-order valence-electron chi connectivity index (χ4n) is 3.42. The van der Waals surface area contributed by atoms with Crippen LogP contribution >= 0.6 is 0 Å². The SMILES string of the molecule is CCC1CCCCC1NCc1ccc2cc[nH]c2c1. The van der Waals surface area contributed by atoms with Crippen molar-refractivity contribution in [1.29, 1.82) is 0 Å². The number of rotatable bonds is 4. The molecule has 0 saturated heterocycles. The Morgan fingerprint density at radius 2 is 2.11 bits per heavy atom. The molecule has 0 spiro atoms. The molecule has 1 aliphatic carbocycles. The molecule has 2 unspecified atom stereocenters. The predicted octanol–water partition coefficient (Wildman–Crippen LogP) is 4.23. The summed E-state index contributed by atoms with van der Waals surface area (Å²) in [5.41, 5.74) is 2.63. The van der Waals surface area contributed by atoms with Crippen LogP contribution in [0.4, 0.5) is 0 Å². The van der Waals surface area contributed by atoms with E-state index in [4.69, 9.17) is 0 Å². The average molecular weight is 256 g/mol.